The average molecular weight is 250 g/mol. The number of aromatic nitrogens is 3. The minimum absolute atomic E-state index is 0.179. The van der Waals surface area contributed by atoms with Gasteiger partial charge in [-0.3, -0.25) is 4.98 Å². The number of rotatable bonds is 2. The summed E-state index contributed by atoms with van der Waals surface area (Å²) in [5, 5.41) is 3.83. The van der Waals surface area contributed by atoms with Gasteiger partial charge in [0.25, 0.3) is 5.89 Å². The molecule has 0 spiro atoms. The first-order chi connectivity index (χ1) is 8.38. The fourth-order valence-corrected chi connectivity index (χ4v) is 1.39. The van der Waals surface area contributed by atoms with E-state index in [1.54, 1.807) is 0 Å². The molecule has 0 saturated heterocycles. The average Bonchev–Trinajstić information content (AvgIpc) is 2.75. The molecule has 0 aliphatic carbocycles. The first kappa shape index (κ1) is 12.6. The molecular formula is C12H15FN4O. The summed E-state index contributed by atoms with van der Waals surface area (Å²) in [6.07, 6.45) is 2.57. The van der Waals surface area contributed by atoms with Gasteiger partial charge < -0.3 is 10.3 Å². The van der Waals surface area contributed by atoms with Crippen molar-refractivity contribution < 1.29 is 8.91 Å². The summed E-state index contributed by atoms with van der Waals surface area (Å²) in [5.74, 6) is 0.172. The van der Waals surface area contributed by atoms with Crippen molar-refractivity contribution in [2.75, 3.05) is 0 Å². The normalized spacial score (nSPS) is 13.6. The van der Waals surface area contributed by atoms with Crippen LogP contribution in [0.5, 0.6) is 0 Å². The number of halogens is 1. The van der Waals surface area contributed by atoms with Crippen LogP contribution in [0.1, 0.15) is 32.6 Å². The zero-order valence-electron chi connectivity index (χ0n) is 10.5. The topological polar surface area (TPSA) is 77.8 Å². The molecule has 0 saturated carbocycles. The Morgan fingerprint density at radius 1 is 1.33 bits per heavy atom. The maximum absolute atomic E-state index is 13.0. The van der Waals surface area contributed by atoms with Crippen molar-refractivity contribution in [2.45, 2.75) is 26.8 Å². The van der Waals surface area contributed by atoms with Gasteiger partial charge in [-0.05, 0) is 11.5 Å². The summed E-state index contributed by atoms with van der Waals surface area (Å²) < 4.78 is 18.1. The molecule has 1 unspecified atom stereocenters. The van der Waals surface area contributed by atoms with E-state index in [0.717, 1.165) is 6.20 Å². The van der Waals surface area contributed by atoms with Crippen LogP contribution in [0.25, 0.3) is 11.5 Å². The predicted octanol–water partition coefficient (Wildman–Crippen LogP) is 2.32. The quantitative estimate of drug-likeness (QED) is 0.884. The highest BCUT2D eigenvalue weighted by Gasteiger charge is 2.27. The van der Waals surface area contributed by atoms with Gasteiger partial charge in [0.1, 0.15) is 5.82 Å². The van der Waals surface area contributed by atoms with Crippen LogP contribution < -0.4 is 5.73 Å². The summed E-state index contributed by atoms with van der Waals surface area (Å²) in [6.45, 7) is 5.95. The zero-order chi connectivity index (χ0) is 13.3. The molecule has 0 amide bonds. The van der Waals surface area contributed by atoms with E-state index in [4.69, 9.17) is 10.3 Å². The molecule has 2 aromatic heterocycles. The van der Waals surface area contributed by atoms with Gasteiger partial charge in [-0.2, -0.15) is 4.98 Å². The van der Waals surface area contributed by atoms with Crippen molar-refractivity contribution in [2.24, 2.45) is 11.1 Å². The van der Waals surface area contributed by atoms with Crippen molar-refractivity contribution in [3.63, 3.8) is 0 Å². The molecule has 0 fully saturated rings. The highest BCUT2D eigenvalue weighted by atomic mass is 19.1. The largest absolute Gasteiger partial charge is 0.334 e. The second-order valence-electron chi connectivity index (χ2n) is 5.19. The molecule has 0 bridgehead atoms. The van der Waals surface area contributed by atoms with Crippen LogP contribution in [-0.2, 0) is 0 Å². The first-order valence-electron chi connectivity index (χ1n) is 5.58. The Balaban J connectivity index is 2.31. The lowest BCUT2D eigenvalue weighted by molar-refractivity contribution is 0.303. The third-order valence-corrected chi connectivity index (χ3v) is 2.60. The lowest BCUT2D eigenvalue weighted by Gasteiger charge is -2.23. The Hall–Kier alpha value is -1.82. The first-order valence-corrected chi connectivity index (χ1v) is 5.58. The van der Waals surface area contributed by atoms with Gasteiger partial charge in [-0.15, -0.1) is 0 Å². The van der Waals surface area contributed by atoms with Crippen LogP contribution in [0.3, 0.4) is 0 Å². The molecule has 5 nitrogen and oxygen atoms in total. The molecule has 96 valence electrons. The van der Waals surface area contributed by atoms with Crippen molar-refractivity contribution in [1.82, 2.24) is 15.1 Å². The van der Waals surface area contributed by atoms with Crippen molar-refractivity contribution in [3.8, 4) is 11.5 Å². The van der Waals surface area contributed by atoms with Crippen LogP contribution in [0.4, 0.5) is 4.39 Å². The van der Waals surface area contributed by atoms with Gasteiger partial charge in [0, 0.05) is 6.20 Å². The van der Waals surface area contributed by atoms with E-state index < -0.39 is 5.82 Å². The van der Waals surface area contributed by atoms with Crippen molar-refractivity contribution >= 4 is 0 Å². The van der Waals surface area contributed by atoms with Gasteiger partial charge in [0.2, 0.25) is 0 Å². The molecule has 1 atom stereocenters. The molecule has 0 aromatic carbocycles. The highest BCUT2D eigenvalue weighted by molar-refractivity contribution is 5.50. The van der Waals surface area contributed by atoms with Gasteiger partial charge in [-0.1, -0.05) is 25.9 Å². The monoisotopic (exact) mass is 250 g/mol. The predicted molar refractivity (Wildman–Crippen MR) is 63.9 cm³/mol. The molecule has 2 heterocycles. The maximum atomic E-state index is 13.0. The number of pyridine rings is 1. The van der Waals surface area contributed by atoms with E-state index in [-0.39, 0.29) is 17.3 Å². The lowest BCUT2D eigenvalue weighted by Crippen LogP contribution is -2.27. The number of nitrogens with two attached hydrogens (primary N) is 1. The third-order valence-electron chi connectivity index (χ3n) is 2.60. The van der Waals surface area contributed by atoms with E-state index in [2.05, 4.69) is 15.1 Å². The second kappa shape index (κ2) is 4.45. The van der Waals surface area contributed by atoms with E-state index in [0.29, 0.717) is 11.4 Å². The van der Waals surface area contributed by atoms with E-state index in [9.17, 15) is 4.39 Å². The Kier molecular flexibility index (Phi) is 3.13. The van der Waals surface area contributed by atoms with E-state index in [1.807, 2.05) is 20.8 Å². The van der Waals surface area contributed by atoms with Crippen molar-refractivity contribution in [1.29, 1.82) is 0 Å². The summed E-state index contributed by atoms with van der Waals surface area (Å²) in [7, 11) is 0. The van der Waals surface area contributed by atoms with Crippen molar-refractivity contribution in [3.05, 3.63) is 30.1 Å². The Bertz CT molecular complexity index is 547. The van der Waals surface area contributed by atoms with Crippen LogP contribution in [0.15, 0.2) is 23.0 Å². The molecule has 18 heavy (non-hydrogen) atoms. The number of nitrogens with zero attached hydrogens (tertiary/aromatic N) is 3. The van der Waals surface area contributed by atoms with Crippen LogP contribution in [0, 0.1) is 11.2 Å². The number of hydrogen-bond acceptors (Lipinski definition) is 5. The van der Waals surface area contributed by atoms with Gasteiger partial charge in [0.15, 0.2) is 5.82 Å². The Morgan fingerprint density at radius 2 is 2.06 bits per heavy atom. The maximum Gasteiger partial charge on any atom is 0.259 e. The van der Waals surface area contributed by atoms with Gasteiger partial charge in [0.05, 0.1) is 17.8 Å². The fourth-order valence-electron chi connectivity index (χ4n) is 1.39. The van der Waals surface area contributed by atoms with Gasteiger partial charge >= 0.3 is 0 Å². The summed E-state index contributed by atoms with van der Waals surface area (Å²) >= 11 is 0. The molecule has 0 radical (unpaired) electrons. The molecule has 0 aliphatic rings. The summed E-state index contributed by atoms with van der Waals surface area (Å²) in [5.41, 5.74) is 6.28. The number of hydrogen-bond donors (Lipinski definition) is 1. The zero-order valence-corrected chi connectivity index (χ0v) is 10.5. The smallest absolute Gasteiger partial charge is 0.259 e. The second-order valence-corrected chi connectivity index (χ2v) is 5.19. The molecule has 2 rings (SSSR count). The summed E-state index contributed by atoms with van der Waals surface area (Å²) in [4.78, 5) is 7.91. The minimum atomic E-state index is -0.452. The summed E-state index contributed by atoms with van der Waals surface area (Å²) in [6, 6.07) is 0.934. The third kappa shape index (κ3) is 2.53. The van der Waals surface area contributed by atoms with E-state index >= 15 is 0 Å². The SMILES string of the molecule is CC(C)(C)C(N)c1noc(-c2cncc(F)c2)n1. The fraction of sp³-hybridized carbons (Fsp3) is 0.417. The molecule has 2 N–H and O–H groups in total. The van der Waals surface area contributed by atoms with Crippen LogP contribution in [-0.4, -0.2) is 15.1 Å². The molecular weight excluding hydrogens is 235 g/mol. The molecule has 0 aliphatic heterocycles. The highest BCUT2D eigenvalue weighted by Crippen LogP contribution is 2.29. The minimum Gasteiger partial charge on any atom is -0.334 e. The standard InChI is InChI=1S/C12H15FN4O/c1-12(2,3)9(14)10-16-11(18-17-10)7-4-8(13)6-15-5-7/h4-6,9H,14H2,1-3H3. The van der Waals surface area contributed by atoms with Crippen LogP contribution >= 0.6 is 0 Å². The van der Waals surface area contributed by atoms with Gasteiger partial charge in [-0.25, -0.2) is 4.39 Å². The Labute approximate surface area is 104 Å². The van der Waals surface area contributed by atoms with Crippen LogP contribution in [0.2, 0.25) is 0 Å². The molecule has 2 aromatic rings. The van der Waals surface area contributed by atoms with E-state index in [1.165, 1.54) is 12.3 Å². The lowest BCUT2D eigenvalue weighted by atomic mass is 9.87. The Morgan fingerprint density at radius 3 is 2.67 bits per heavy atom. The molecule has 6 heteroatoms.